The molecule has 1 aromatic rings. The fraction of sp³-hybridized carbons (Fsp3) is 0.571. The van der Waals surface area contributed by atoms with Crippen molar-refractivity contribution in [3.8, 4) is 0 Å². The number of aryl methyl sites for hydroxylation is 1. The lowest BCUT2D eigenvalue weighted by atomic mass is 10.1. The third kappa shape index (κ3) is 0.988. The van der Waals surface area contributed by atoms with E-state index in [2.05, 4.69) is 5.10 Å². The lowest BCUT2D eigenvalue weighted by Crippen LogP contribution is -2.02. The first-order valence-corrected chi connectivity index (χ1v) is 3.36. The molecule has 0 unspecified atom stereocenters. The molecule has 0 amide bonds. The minimum atomic E-state index is 0.326. The van der Waals surface area contributed by atoms with Gasteiger partial charge in [0, 0.05) is 0 Å². The van der Waals surface area contributed by atoms with E-state index in [0.717, 1.165) is 16.1 Å². The second kappa shape index (κ2) is 2.33. The third-order valence-corrected chi connectivity index (χ3v) is 1.53. The van der Waals surface area contributed by atoms with Crippen molar-refractivity contribution in [3.05, 3.63) is 17.5 Å². The minimum Gasteiger partial charge on any atom is -0.411 e. The Morgan fingerprint density at radius 1 is 1.60 bits per heavy atom. The third-order valence-electron chi connectivity index (χ3n) is 1.53. The van der Waals surface area contributed by atoms with Gasteiger partial charge in [-0.05, 0) is 18.4 Å². The molecule has 0 radical (unpaired) electrons. The molecule has 0 aliphatic carbocycles. The van der Waals surface area contributed by atoms with Gasteiger partial charge >= 0.3 is 0 Å². The van der Waals surface area contributed by atoms with Crippen LogP contribution in [0.1, 0.15) is 31.0 Å². The van der Waals surface area contributed by atoms with E-state index in [1.165, 1.54) is 0 Å². The maximum Gasteiger partial charge on any atom is 0.0852 e. The van der Waals surface area contributed by atoms with Gasteiger partial charge in [-0.15, -0.1) is 9.94 Å². The SMILES string of the molecule is Cc1cnn(O)c1C(C)C. The molecular weight excluding hydrogens is 128 g/mol. The Hall–Kier alpha value is -0.990. The minimum absolute atomic E-state index is 0.326. The molecule has 1 N–H and O–H groups in total. The van der Waals surface area contributed by atoms with Crippen LogP contribution in [0.25, 0.3) is 0 Å². The van der Waals surface area contributed by atoms with Crippen LogP contribution in [0, 0.1) is 6.92 Å². The summed E-state index contributed by atoms with van der Waals surface area (Å²) in [5, 5.41) is 12.8. The van der Waals surface area contributed by atoms with Gasteiger partial charge in [-0.3, -0.25) is 0 Å². The molecular formula is C7H12N2O. The van der Waals surface area contributed by atoms with Crippen LogP contribution in [0.3, 0.4) is 0 Å². The van der Waals surface area contributed by atoms with Crippen molar-refractivity contribution >= 4 is 0 Å². The summed E-state index contributed by atoms with van der Waals surface area (Å²) >= 11 is 0. The Bertz CT molecular complexity index is 208. The topological polar surface area (TPSA) is 38.0 Å². The monoisotopic (exact) mass is 140 g/mol. The summed E-state index contributed by atoms with van der Waals surface area (Å²) in [6, 6.07) is 0. The molecule has 0 saturated carbocycles. The Balaban J connectivity index is 3.10. The molecule has 0 atom stereocenters. The van der Waals surface area contributed by atoms with Crippen LogP contribution < -0.4 is 0 Å². The van der Waals surface area contributed by atoms with Gasteiger partial charge in [-0.25, -0.2) is 0 Å². The van der Waals surface area contributed by atoms with Crippen LogP contribution in [0.15, 0.2) is 6.20 Å². The van der Waals surface area contributed by atoms with Gasteiger partial charge in [0.25, 0.3) is 0 Å². The van der Waals surface area contributed by atoms with Crippen LogP contribution in [0.4, 0.5) is 0 Å². The smallest absolute Gasteiger partial charge is 0.0852 e. The van der Waals surface area contributed by atoms with E-state index < -0.39 is 0 Å². The molecule has 0 aromatic carbocycles. The van der Waals surface area contributed by atoms with E-state index in [0.29, 0.717) is 5.92 Å². The summed E-state index contributed by atoms with van der Waals surface area (Å²) in [6.45, 7) is 5.99. The Kier molecular flexibility index (Phi) is 1.66. The van der Waals surface area contributed by atoms with Gasteiger partial charge in [0.05, 0.1) is 11.9 Å². The summed E-state index contributed by atoms with van der Waals surface area (Å²) in [7, 11) is 0. The molecule has 0 aliphatic rings. The van der Waals surface area contributed by atoms with Crippen LogP contribution in [-0.4, -0.2) is 15.2 Å². The fourth-order valence-electron chi connectivity index (χ4n) is 1.11. The number of hydrogen-bond acceptors (Lipinski definition) is 2. The second-order valence-corrected chi connectivity index (χ2v) is 2.76. The Morgan fingerprint density at radius 3 is 2.40 bits per heavy atom. The molecule has 56 valence electrons. The maximum absolute atomic E-state index is 9.11. The highest BCUT2D eigenvalue weighted by Crippen LogP contribution is 2.16. The largest absolute Gasteiger partial charge is 0.411 e. The fourth-order valence-corrected chi connectivity index (χ4v) is 1.11. The number of aromatic nitrogens is 2. The standard InChI is InChI=1S/C7H12N2O/c1-5(2)7-6(3)4-8-9(7)10/h4-5,10H,1-3H3. The normalized spacial score (nSPS) is 10.8. The van der Waals surface area contributed by atoms with Crippen molar-refractivity contribution in [3.63, 3.8) is 0 Å². The molecule has 0 spiro atoms. The summed E-state index contributed by atoms with van der Waals surface area (Å²) < 4.78 is 0. The maximum atomic E-state index is 9.11. The van der Waals surface area contributed by atoms with Gasteiger partial charge in [0.2, 0.25) is 0 Å². The molecule has 0 saturated heterocycles. The highest BCUT2D eigenvalue weighted by atomic mass is 16.5. The van der Waals surface area contributed by atoms with E-state index in [-0.39, 0.29) is 0 Å². The summed E-state index contributed by atoms with van der Waals surface area (Å²) in [5.74, 6) is 0.326. The summed E-state index contributed by atoms with van der Waals surface area (Å²) in [6.07, 6.45) is 1.66. The van der Waals surface area contributed by atoms with Gasteiger partial charge in [0.15, 0.2) is 0 Å². The van der Waals surface area contributed by atoms with Crippen LogP contribution in [0.2, 0.25) is 0 Å². The Labute approximate surface area is 60.2 Å². The second-order valence-electron chi connectivity index (χ2n) is 2.76. The molecule has 1 heterocycles. The zero-order valence-corrected chi connectivity index (χ0v) is 6.50. The van der Waals surface area contributed by atoms with E-state index in [9.17, 15) is 0 Å². The zero-order chi connectivity index (χ0) is 7.72. The first-order chi connectivity index (χ1) is 4.63. The van der Waals surface area contributed by atoms with E-state index in [1.807, 2.05) is 20.8 Å². The van der Waals surface area contributed by atoms with Gasteiger partial charge in [-0.2, -0.15) is 0 Å². The van der Waals surface area contributed by atoms with Crippen molar-refractivity contribution in [2.45, 2.75) is 26.7 Å². The molecule has 3 heteroatoms. The van der Waals surface area contributed by atoms with Crippen LogP contribution >= 0.6 is 0 Å². The molecule has 0 aliphatic heterocycles. The number of rotatable bonds is 1. The van der Waals surface area contributed by atoms with Crippen molar-refractivity contribution in [2.24, 2.45) is 0 Å². The highest BCUT2D eigenvalue weighted by molar-refractivity contribution is 5.17. The van der Waals surface area contributed by atoms with Crippen molar-refractivity contribution in [2.75, 3.05) is 0 Å². The van der Waals surface area contributed by atoms with E-state index in [1.54, 1.807) is 6.20 Å². The zero-order valence-electron chi connectivity index (χ0n) is 6.50. The Morgan fingerprint density at radius 2 is 2.20 bits per heavy atom. The lowest BCUT2D eigenvalue weighted by molar-refractivity contribution is 0.137. The van der Waals surface area contributed by atoms with Crippen LogP contribution in [-0.2, 0) is 0 Å². The molecule has 0 bridgehead atoms. The average molecular weight is 140 g/mol. The quantitative estimate of drug-likeness (QED) is 0.601. The van der Waals surface area contributed by atoms with E-state index >= 15 is 0 Å². The van der Waals surface area contributed by atoms with Crippen molar-refractivity contribution in [1.82, 2.24) is 9.94 Å². The number of hydrogen-bond donors (Lipinski definition) is 1. The molecule has 10 heavy (non-hydrogen) atoms. The predicted octanol–water partition coefficient (Wildman–Crippen LogP) is 1.55. The van der Waals surface area contributed by atoms with Crippen LogP contribution in [0.5, 0.6) is 0 Å². The van der Waals surface area contributed by atoms with Crippen molar-refractivity contribution < 1.29 is 5.21 Å². The van der Waals surface area contributed by atoms with Gasteiger partial charge < -0.3 is 5.21 Å². The van der Waals surface area contributed by atoms with Gasteiger partial charge in [0.1, 0.15) is 0 Å². The predicted molar refractivity (Wildman–Crippen MR) is 38.2 cm³/mol. The molecule has 1 aromatic heterocycles. The lowest BCUT2D eigenvalue weighted by Gasteiger charge is -2.03. The molecule has 1 rings (SSSR count). The summed E-state index contributed by atoms with van der Waals surface area (Å²) in [5.41, 5.74) is 1.93. The average Bonchev–Trinajstić information content (AvgIpc) is 2.11. The first-order valence-electron chi connectivity index (χ1n) is 3.36. The summed E-state index contributed by atoms with van der Waals surface area (Å²) in [4.78, 5) is 0.944. The number of nitrogens with zero attached hydrogens (tertiary/aromatic N) is 2. The van der Waals surface area contributed by atoms with Crippen molar-refractivity contribution in [1.29, 1.82) is 0 Å². The molecule has 3 nitrogen and oxygen atoms in total. The van der Waals surface area contributed by atoms with Gasteiger partial charge in [-0.1, -0.05) is 13.8 Å². The molecule has 0 fully saturated rings. The first kappa shape index (κ1) is 7.12. The van der Waals surface area contributed by atoms with E-state index in [4.69, 9.17) is 5.21 Å². The highest BCUT2D eigenvalue weighted by Gasteiger charge is 2.09.